The molecular weight excluding hydrogens is 532 g/mol. The predicted molar refractivity (Wildman–Crippen MR) is 144 cm³/mol. The molecule has 2 heterocycles. The van der Waals surface area contributed by atoms with Crippen molar-refractivity contribution in [3.63, 3.8) is 0 Å². The Labute approximate surface area is 225 Å². The lowest BCUT2D eigenvalue weighted by molar-refractivity contribution is 0.00551. The lowest BCUT2D eigenvalue weighted by atomic mass is 9.93. The van der Waals surface area contributed by atoms with E-state index in [1.54, 1.807) is 12.1 Å². The summed E-state index contributed by atoms with van der Waals surface area (Å²) in [5, 5.41) is 11.6. The Morgan fingerprint density at radius 3 is 2.49 bits per heavy atom. The van der Waals surface area contributed by atoms with Crippen molar-refractivity contribution >= 4 is 33.2 Å². The van der Waals surface area contributed by atoms with Crippen molar-refractivity contribution in [2.24, 2.45) is 5.41 Å². The minimum Gasteiger partial charge on any atom is -0.395 e. The molecule has 2 aromatic rings. The number of hydrogen-bond donors (Lipinski definition) is 4. The Hall–Kier alpha value is -3.03. The maximum atomic E-state index is 13.8. The summed E-state index contributed by atoms with van der Waals surface area (Å²) in [6.07, 6.45) is 5.25. The summed E-state index contributed by atoms with van der Waals surface area (Å²) in [4.78, 5) is 28.6. The number of carbonyl (C=O) groups excluding carboxylic acids is 1. The molecular formula is C26H33F2N5O5S. The van der Waals surface area contributed by atoms with Crippen LogP contribution in [0, 0.1) is 5.41 Å². The molecule has 1 spiro atoms. The van der Waals surface area contributed by atoms with Gasteiger partial charge in [-0.25, -0.2) is 8.78 Å². The summed E-state index contributed by atoms with van der Waals surface area (Å²) >= 11 is 0. The molecule has 3 fully saturated rings. The van der Waals surface area contributed by atoms with E-state index in [2.05, 4.69) is 14.8 Å². The minimum atomic E-state index is -3.94. The Kier molecular flexibility index (Phi) is 7.42. The summed E-state index contributed by atoms with van der Waals surface area (Å²) in [5.41, 5.74) is 0.828. The fourth-order valence-electron chi connectivity index (χ4n) is 5.57. The third-order valence-electron chi connectivity index (χ3n) is 8.01. The molecule has 1 aliphatic heterocycles. The first-order valence-corrected chi connectivity index (χ1v) is 14.7. The maximum absolute atomic E-state index is 13.8. The number of benzene rings is 1. The van der Waals surface area contributed by atoms with Gasteiger partial charge in [0.1, 0.15) is 5.69 Å². The fraction of sp³-hybridized carbons (Fsp3) is 0.538. The van der Waals surface area contributed by atoms with Gasteiger partial charge in [-0.15, -0.1) is 0 Å². The van der Waals surface area contributed by atoms with Crippen LogP contribution in [0.4, 0.5) is 25.8 Å². The maximum Gasteiger partial charge on any atom is 0.299 e. The second kappa shape index (κ2) is 10.5. The SMILES string of the molecule is O=C(Nc1cccn(C2CCC(F)(F)C2)c1=O)c1ccc(NS(=O)(=O)NCCO)cc1N1CCC2(CC1)CC2. The third kappa shape index (κ3) is 6.25. The van der Waals surface area contributed by atoms with Crippen LogP contribution in [0.1, 0.15) is 61.3 Å². The average molecular weight is 566 g/mol. The van der Waals surface area contributed by atoms with Crippen LogP contribution in [-0.4, -0.2) is 56.2 Å². The molecule has 1 unspecified atom stereocenters. The zero-order valence-corrected chi connectivity index (χ0v) is 22.3. The van der Waals surface area contributed by atoms with Crippen LogP contribution in [0.15, 0.2) is 41.3 Å². The molecule has 1 aromatic carbocycles. The van der Waals surface area contributed by atoms with Gasteiger partial charge in [0.25, 0.3) is 21.7 Å². The van der Waals surface area contributed by atoms with Crippen LogP contribution >= 0.6 is 0 Å². The lowest BCUT2D eigenvalue weighted by Crippen LogP contribution is -2.36. The standard InChI is InChI=1S/C26H33F2N5O5S/c27-26(28)6-5-19(17-26)33-12-1-2-21(24(33)36)30-23(35)20-4-3-18(31-39(37,38)29-11-15-34)16-22(20)32-13-9-25(7-8-25)10-14-32/h1-4,12,16,19,29,31,34H,5-11,13-15,17H2,(H,30,35). The largest absolute Gasteiger partial charge is 0.395 e. The molecule has 0 radical (unpaired) electrons. The Bertz CT molecular complexity index is 1400. The molecule has 1 aromatic heterocycles. The number of aliphatic hydroxyl groups excluding tert-OH is 1. The van der Waals surface area contributed by atoms with Gasteiger partial charge in [-0.05, 0) is 67.9 Å². The molecule has 0 bridgehead atoms. The number of nitrogens with one attached hydrogen (secondary N) is 3. The zero-order chi connectivity index (χ0) is 27.8. The number of nitrogens with zero attached hydrogens (tertiary/aromatic N) is 2. The minimum absolute atomic E-state index is 0.0165. The van der Waals surface area contributed by atoms with Gasteiger partial charge in [-0.3, -0.25) is 14.3 Å². The van der Waals surface area contributed by atoms with Crippen LogP contribution in [-0.2, 0) is 10.2 Å². The number of halogens is 2. The van der Waals surface area contributed by atoms with E-state index >= 15 is 0 Å². The van der Waals surface area contributed by atoms with Gasteiger partial charge in [0.2, 0.25) is 5.92 Å². The van der Waals surface area contributed by atoms with Crippen molar-refractivity contribution < 1.29 is 27.1 Å². The van der Waals surface area contributed by atoms with E-state index in [0.717, 1.165) is 12.8 Å². The quantitative estimate of drug-likeness (QED) is 0.370. The number of anilines is 3. The molecule has 39 heavy (non-hydrogen) atoms. The number of carbonyl (C=O) groups is 1. The van der Waals surface area contributed by atoms with Crippen LogP contribution < -0.4 is 25.2 Å². The predicted octanol–water partition coefficient (Wildman–Crippen LogP) is 3.08. The number of rotatable bonds is 9. The molecule has 10 nitrogen and oxygen atoms in total. The van der Waals surface area contributed by atoms with Crippen molar-refractivity contribution in [2.45, 2.75) is 56.9 Å². The number of piperidine rings is 1. The summed E-state index contributed by atoms with van der Waals surface area (Å²) in [5.74, 6) is -3.38. The summed E-state index contributed by atoms with van der Waals surface area (Å²) < 4.78 is 58.0. The smallest absolute Gasteiger partial charge is 0.299 e. The molecule has 4 N–H and O–H groups in total. The first kappa shape index (κ1) is 27.5. The van der Waals surface area contributed by atoms with Crippen molar-refractivity contribution in [3.05, 3.63) is 52.4 Å². The number of amides is 1. The lowest BCUT2D eigenvalue weighted by Gasteiger charge is -2.35. The number of aromatic nitrogens is 1. The molecule has 212 valence electrons. The molecule has 3 aliphatic rings. The first-order chi connectivity index (χ1) is 18.5. The van der Waals surface area contributed by atoms with Crippen LogP contribution in [0.2, 0.25) is 0 Å². The second-order valence-corrected chi connectivity index (χ2v) is 12.3. The van der Waals surface area contributed by atoms with E-state index in [1.165, 1.54) is 41.8 Å². The van der Waals surface area contributed by atoms with Gasteiger partial charge in [-0.2, -0.15) is 13.1 Å². The number of alkyl halides is 2. The topological polar surface area (TPSA) is 133 Å². The number of pyridine rings is 1. The molecule has 5 rings (SSSR count). The highest BCUT2D eigenvalue weighted by Gasteiger charge is 2.45. The van der Waals surface area contributed by atoms with Crippen molar-refractivity contribution in [2.75, 3.05) is 41.2 Å². The molecule has 2 saturated carbocycles. The van der Waals surface area contributed by atoms with Crippen LogP contribution in [0.3, 0.4) is 0 Å². The van der Waals surface area contributed by atoms with Crippen molar-refractivity contribution in [3.8, 4) is 0 Å². The van der Waals surface area contributed by atoms with E-state index in [0.29, 0.717) is 24.2 Å². The molecule has 1 saturated heterocycles. The van der Waals surface area contributed by atoms with E-state index < -0.39 is 40.1 Å². The van der Waals surface area contributed by atoms with Gasteiger partial charge in [-0.1, -0.05) is 0 Å². The van der Waals surface area contributed by atoms with Gasteiger partial charge in [0.15, 0.2) is 0 Å². The monoisotopic (exact) mass is 565 g/mol. The normalized spacial score (nSPS) is 21.6. The van der Waals surface area contributed by atoms with Gasteiger partial charge in [0, 0.05) is 44.7 Å². The van der Waals surface area contributed by atoms with Gasteiger partial charge >= 0.3 is 0 Å². The van der Waals surface area contributed by atoms with Crippen LogP contribution in [0.5, 0.6) is 0 Å². The zero-order valence-electron chi connectivity index (χ0n) is 21.5. The highest BCUT2D eigenvalue weighted by Crippen LogP contribution is 2.54. The Morgan fingerprint density at radius 1 is 1.10 bits per heavy atom. The molecule has 1 atom stereocenters. The highest BCUT2D eigenvalue weighted by molar-refractivity contribution is 7.90. The fourth-order valence-corrected chi connectivity index (χ4v) is 6.43. The van der Waals surface area contributed by atoms with E-state index in [4.69, 9.17) is 5.11 Å². The molecule has 13 heteroatoms. The van der Waals surface area contributed by atoms with E-state index in [-0.39, 0.29) is 42.9 Å². The summed E-state index contributed by atoms with van der Waals surface area (Å²) in [6, 6.07) is 6.88. The number of hydrogen-bond acceptors (Lipinski definition) is 6. The van der Waals surface area contributed by atoms with E-state index in [1.807, 2.05) is 4.90 Å². The summed E-state index contributed by atoms with van der Waals surface area (Å²) in [6.45, 7) is 0.899. The van der Waals surface area contributed by atoms with Gasteiger partial charge < -0.3 is 19.9 Å². The number of aliphatic hydroxyl groups is 1. The average Bonchev–Trinajstić information content (AvgIpc) is 3.55. The first-order valence-electron chi connectivity index (χ1n) is 13.2. The third-order valence-corrected chi connectivity index (χ3v) is 9.10. The molecule has 1 amide bonds. The van der Waals surface area contributed by atoms with E-state index in [9.17, 15) is 26.8 Å². The van der Waals surface area contributed by atoms with Crippen LogP contribution in [0.25, 0.3) is 0 Å². The van der Waals surface area contributed by atoms with Crippen molar-refractivity contribution in [1.29, 1.82) is 0 Å². The highest BCUT2D eigenvalue weighted by atomic mass is 32.2. The van der Waals surface area contributed by atoms with Crippen molar-refractivity contribution in [1.82, 2.24) is 9.29 Å². The van der Waals surface area contributed by atoms with Gasteiger partial charge in [0.05, 0.1) is 23.5 Å². The Morgan fingerprint density at radius 2 is 1.85 bits per heavy atom. The Balaban J connectivity index is 1.40. The second-order valence-electron chi connectivity index (χ2n) is 10.8. The summed E-state index contributed by atoms with van der Waals surface area (Å²) in [7, 11) is -3.94. The molecule has 2 aliphatic carbocycles.